The van der Waals surface area contributed by atoms with E-state index < -0.39 is 35.6 Å². The van der Waals surface area contributed by atoms with Crippen molar-refractivity contribution >= 4 is 29.4 Å². The number of ketones is 1. The van der Waals surface area contributed by atoms with Gasteiger partial charge in [0.25, 0.3) is 0 Å². The number of nitrogens with zero attached hydrogens (tertiary/aromatic N) is 2. The standard InChI is InChI=1S/C25H17FN2O4/c26-15-7-9-16(10-8-15)28-24(30)19-20(25(28)31)22(23(29)18-6-3-13-32-18)27-12-11-14-4-1-2-5-17(14)21(19)27/h1-13,19-22H/t19-,20-,21+,22+/m1/s1. The summed E-state index contributed by atoms with van der Waals surface area (Å²) in [4.78, 5) is 43.6. The number of hydrogen-bond donors (Lipinski definition) is 0. The number of furan rings is 1. The van der Waals surface area contributed by atoms with Crippen molar-refractivity contribution in [1.29, 1.82) is 0 Å². The van der Waals surface area contributed by atoms with Crippen LogP contribution in [0.15, 0.2) is 77.5 Å². The van der Waals surface area contributed by atoms with Crippen LogP contribution < -0.4 is 4.90 Å². The highest BCUT2D eigenvalue weighted by Gasteiger charge is 2.64. The second kappa shape index (κ2) is 6.75. The maximum atomic E-state index is 13.6. The molecule has 6 rings (SSSR count). The third-order valence-corrected chi connectivity index (χ3v) is 6.58. The number of benzene rings is 2. The van der Waals surface area contributed by atoms with Crippen LogP contribution in [0.5, 0.6) is 0 Å². The maximum Gasteiger partial charge on any atom is 0.240 e. The van der Waals surface area contributed by atoms with Gasteiger partial charge in [0.1, 0.15) is 11.9 Å². The summed E-state index contributed by atoms with van der Waals surface area (Å²) in [5.74, 6) is -3.15. The van der Waals surface area contributed by atoms with Crippen molar-refractivity contribution in [3.8, 4) is 0 Å². The van der Waals surface area contributed by atoms with E-state index in [1.165, 1.54) is 30.5 Å². The van der Waals surface area contributed by atoms with E-state index in [4.69, 9.17) is 4.42 Å². The summed E-state index contributed by atoms with van der Waals surface area (Å²) < 4.78 is 18.8. The van der Waals surface area contributed by atoms with Crippen LogP contribution in [-0.4, -0.2) is 28.5 Å². The molecule has 3 aliphatic heterocycles. The lowest BCUT2D eigenvalue weighted by atomic mass is 9.84. The third kappa shape index (κ3) is 2.48. The molecule has 0 unspecified atom stereocenters. The van der Waals surface area contributed by atoms with Gasteiger partial charge in [-0.2, -0.15) is 0 Å². The molecule has 0 N–H and O–H groups in total. The molecule has 2 saturated heterocycles. The van der Waals surface area contributed by atoms with Gasteiger partial charge in [-0.3, -0.25) is 14.4 Å². The first-order valence-electron chi connectivity index (χ1n) is 10.3. The topological polar surface area (TPSA) is 70.8 Å². The number of rotatable bonds is 3. The smallest absolute Gasteiger partial charge is 0.240 e. The van der Waals surface area contributed by atoms with Crippen molar-refractivity contribution in [3.05, 3.63) is 95.8 Å². The number of fused-ring (bicyclic) bond motifs is 5. The Morgan fingerprint density at radius 3 is 2.41 bits per heavy atom. The Kier molecular flexibility index (Phi) is 3.95. The van der Waals surface area contributed by atoms with Crippen LogP contribution in [0.25, 0.3) is 6.08 Å². The van der Waals surface area contributed by atoms with E-state index in [0.29, 0.717) is 5.69 Å². The van der Waals surface area contributed by atoms with Crippen LogP contribution >= 0.6 is 0 Å². The normalized spacial score (nSPS) is 25.7. The van der Waals surface area contributed by atoms with Crippen molar-refractivity contribution in [1.82, 2.24) is 4.90 Å². The van der Waals surface area contributed by atoms with E-state index in [1.54, 1.807) is 18.3 Å². The zero-order valence-electron chi connectivity index (χ0n) is 16.7. The molecule has 0 spiro atoms. The van der Waals surface area contributed by atoms with Crippen LogP contribution in [0, 0.1) is 17.7 Å². The lowest BCUT2D eigenvalue weighted by Crippen LogP contribution is -2.44. The summed E-state index contributed by atoms with van der Waals surface area (Å²) >= 11 is 0. The highest BCUT2D eigenvalue weighted by Crippen LogP contribution is 2.53. The van der Waals surface area contributed by atoms with Gasteiger partial charge < -0.3 is 9.32 Å². The van der Waals surface area contributed by atoms with Gasteiger partial charge >= 0.3 is 0 Å². The molecule has 158 valence electrons. The highest BCUT2D eigenvalue weighted by molar-refractivity contribution is 6.24. The van der Waals surface area contributed by atoms with Gasteiger partial charge in [0, 0.05) is 6.20 Å². The van der Waals surface area contributed by atoms with E-state index in [9.17, 15) is 18.8 Å². The summed E-state index contributed by atoms with van der Waals surface area (Å²) in [6, 6.07) is 14.7. The molecule has 6 nitrogen and oxygen atoms in total. The van der Waals surface area contributed by atoms with Gasteiger partial charge in [-0.15, -0.1) is 0 Å². The van der Waals surface area contributed by atoms with Crippen LogP contribution in [0.4, 0.5) is 10.1 Å². The lowest BCUT2D eigenvalue weighted by Gasteiger charge is -2.35. The Morgan fingerprint density at radius 1 is 0.906 bits per heavy atom. The number of halogens is 1. The first-order valence-corrected chi connectivity index (χ1v) is 10.3. The van der Waals surface area contributed by atoms with Crippen LogP contribution in [0.3, 0.4) is 0 Å². The summed E-state index contributed by atoms with van der Waals surface area (Å²) in [5.41, 5.74) is 2.13. The molecule has 1 aromatic heterocycles. The summed E-state index contributed by atoms with van der Waals surface area (Å²) in [5, 5.41) is 0. The molecule has 2 fully saturated rings. The highest BCUT2D eigenvalue weighted by atomic mass is 19.1. The Hall–Kier alpha value is -4.00. The second-order valence-electron chi connectivity index (χ2n) is 8.16. The fraction of sp³-hybridized carbons (Fsp3) is 0.160. The van der Waals surface area contributed by atoms with Crippen LogP contribution in [0.1, 0.15) is 27.7 Å². The predicted molar refractivity (Wildman–Crippen MR) is 113 cm³/mol. The molecule has 3 aliphatic rings. The van der Waals surface area contributed by atoms with E-state index in [0.717, 1.165) is 16.0 Å². The fourth-order valence-electron chi connectivity index (χ4n) is 5.27. The zero-order chi connectivity index (χ0) is 22.0. The first-order chi connectivity index (χ1) is 15.6. The maximum absolute atomic E-state index is 13.6. The van der Waals surface area contributed by atoms with Crippen molar-refractivity contribution in [2.24, 2.45) is 11.8 Å². The van der Waals surface area contributed by atoms with Crippen molar-refractivity contribution < 1.29 is 23.2 Å². The molecule has 4 atom stereocenters. The first kappa shape index (κ1) is 18.7. The van der Waals surface area contributed by atoms with E-state index in [2.05, 4.69) is 0 Å². The predicted octanol–water partition coefficient (Wildman–Crippen LogP) is 3.82. The monoisotopic (exact) mass is 428 g/mol. The fourth-order valence-corrected chi connectivity index (χ4v) is 5.27. The van der Waals surface area contributed by atoms with E-state index >= 15 is 0 Å². The van der Waals surface area contributed by atoms with Crippen molar-refractivity contribution in [2.45, 2.75) is 12.1 Å². The molecule has 0 aliphatic carbocycles. The third-order valence-electron chi connectivity index (χ3n) is 6.58. The average molecular weight is 428 g/mol. The van der Waals surface area contributed by atoms with Crippen molar-refractivity contribution in [2.75, 3.05) is 4.90 Å². The van der Waals surface area contributed by atoms with Gasteiger partial charge in [-0.05, 0) is 53.6 Å². The Labute approximate surface area is 182 Å². The molecule has 4 heterocycles. The number of carbonyl (C=O) groups excluding carboxylic acids is 3. The molecule has 2 amide bonds. The van der Waals surface area contributed by atoms with Crippen LogP contribution in [0.2, 0.25) is 0 Å². The Morgan fingerprint density at radius 2 is 1.66 bits per heavy atom. The van der Waals surface area contributed by atoms with E-state index in [-0.39, 0.29) is 17.5 Å². The SMILES string of the molecule is O=C(c1ccco1)[C@@H]1[C@@H]2C(=O)N(c3ccc(F)cc3)C(=O)[C@H]2[C@@H]2c3ccccc3C=CN12. The van der Waals surface area contributed by atoms with Crippen molar-refractivity contribution in [3.63, 3.8) is 0 Å². The van der Waals surface area contributed by atoms with Gasteiger partial charge in [0.15, 0.2) is 5.76 Å². The van der Waals surface area contributed by atoms with E-state index in [1.807, 2.05) is 35.2 Å². The molecule has 0 radical (unpaired) electrons. The van der Waals surface area contributed by atoms with Gasteiger partial charge in [0.2, 0.25) is 17.6 Å². The molecular formula is C25H17FN2O4. The summed E-state index contributed by atoms with van der Waals surface area (Å²) in [7, 11) is 0. The average Bonchev–Trinajstić information content (AvgIpc) is 3.51. The molecular weight excluding hydrogens is 411 g/mol. The molecule has 32 heavy (non-hydrogen) atoms. The number of imide groups is 1. The summed E-state index contributed by atoms with van der Waals surface area (Å²) in [6.07, 6.45) is 5.09. The molecule has 7 heteroatoms. The Balaban J connectivity index is 1.50. The minimum atomic E-state index is -0.886. The van der Waals surface area contributed by atoms with Gasteiger partial charge in [-0.25, -0.2) is 9.29 Å². The largest absolute Gasteiger partial charge is 0.461 e. The number of hydrogen-bond acceptors (Lipinski definition) is 5. The van der Waals surface area contributed by atoms with Crippen LogP contribution in [-0.2, 0) is 9.59 Å². The second-order valence-corrected chi connectivity index (χ2v) is 8.16. The molecule has 2 aromatic carbocycles. The zero-order valence-corrected chi connectivity index (χ0v) is 16.7. The van der Waals surface area contributed by atoms with Gasteiger partial charge in [-0.1, -0.05) is 24.3 Å². The molecule has 0 saturated carbocycles. The van der Waals surface area contributed by atoms with Gasteiger partial charge in [0.05, 0.1) is 29.8 Å². The number of anilines is 1. The minimum Gasteiger partial charge on any atom is -0.461 e. The molecule has 0 bridgehead atoms. The molecule has 3 aromatic rings. The number of Topliss-reactive ketones (excluding diaryl/α,β-unsaturated/α-hetero) is 1. The quantitative estimate of drug-likeness (QED) is 0.469. The number of carbonyl (C=O) groups is 3. The summed E-state index contributed by atoms with van der Waals surface area (Å²) in [6.45, 7) is 0. The number of amides is 2. The minimum absolute atomic E-state index is 0.141. The Bertz CT molecular complexity index is 1280. The lowest BCUT2D eigenvalue weighted by molar-refractivity contribution is -0.123.